The molecule has 128 valence electrons. The highest BCUT2D eigenvalue weighted by Crippen LogP contribution is 2.16. The number of hydrogen-bond donors (Lipinski definition) is 0. The SMILES string of the molecule is CCOC(=O)N1CCC(OC(=O)Cn2ncc3ccccc32)CC1. The highest BCUT2D eigenvalue weighted by molar-refractivity contribution is 5.80. The monoisotopic (exact) mass is 331 g/mol. The number of para-hydroxylation sites is 1. The number of likely N-dealkylation sites (tertiary alicyclic amines) is 1. The summed E-state index contributed by atoms with van der Waals surface area (Å²) in [6.45, 7) is 3.32. The smallest absolute Gasteiger partial charge is 0.409 e. The minimum absolute atomic E-state index is 0.0889. The van der Waals surface area contributed by atoms with Gasteiger partial charge in [0.2, 0.25) is 0 Å². The second-order valence-corrected chi connectivity index (χ2v) is 5.74. The molecule has 1 aliphatic rings. The average Bonchev–Trinajstić information content (AvgIpc) is 2.99. The van der Waals surface area contributed by atoms with Crippen molar-refractivity contribution in [2.75, 3.05) is 19.7 Å². The van der Waals surface area contributed by atoms with E-state index in [4.69, 9.17) is 9.47 Å². The van der Waals surface area contributed by atoms with Crippen LogP contribution >= 0.6 is 0 Å². The number of carbonyl (C=O) groups is 2. The van der Waals surface area contributed by atoms with E-state index in [-0.39, 0.29) is 24.7 Å². The van der Waals surface area contributed by atoms with Gasteiger partial charge in [0.25, 0.3) is 0 Å². The predicted molar refractivity (Wildman–Crippen MR) is 87.4 cm³/mol. The first-order chi connectivity index (χ1) is 11.7. The van der Waals surface area contributed by atoms with Gasteiger partial charge in [0, 0.05) is 31.3 Å². The number of amides is 1. The summed E-state index contributed by atoms with van der Waals surface area (Å²) in [4.78, 5) is 25.4. The van der Waals surface area contributed by atoms with Gasteiger partial charge in [-0.25, -0.2) is 4.79 Å². The first-order valence-corrected chi connectivity index (χ1v) is 8.19. The van der Waals surface area contributed by atoms with Gasteiger partial charge in [-0.05, 0) is 13.0 Å². The Labute approximate surface area is 140 Å². The van der Waals surface area contributed by atoms with E-state index in [1.165, 1.54) is 0 Å². The molecular formula is C17H21N3O4. The molecule has 0 spiro atoms. The second kappa shape index (κ2) is 7.33. The minimum atomic E-state index is -0.307. The second-order valence-electron chi connectivity index (χ2n) is 5.74. The summed E-state index contributed by atoms with van der Waals surface area (Å²) in [7, 11) is 0. The lowest BCUT2D eigenvalue weighted by Crippen LogP contribution is -2.41. The number of rotatable bonds is 4. The van der Waals surface area contributed by atoms with Gasteiger partial charge in [-0.1, -0.05) is 18.2 Å². The van der Waals surface area contributed by atoms with Gasteiger partial charge < -0.3 is 14.4 Å². The Kier molecular flexibility index (Phi) is 4.98. The van der Waals surface area contributed by atoms with E-state index in [0.29, 0.717) is 32.5 Å². The molecule has 0 radical (unpaired) electrons. The molecule has 1 aliphatic heterocycles. The zero-order chi connectivity index (χ0) is 16.9. The first kappa shape index (κ1) is 16.3. The van der Waals surface area contributed by atoms with E-state index in [2.05, 4.69) is 5.10 Å². The average molecular weight is 331 g/mol. The maximum absolute atomic E-state index is 12.2. The topological polar surface area (TPSA) is 73.7 Å². The molecule has 0 saturated carbocycles. The molecule has 0 bridgehead atoms. The maximum Gasteiger partial charge on any atom is 0.409 e. The van der Waals surface area contributed by atoms with Crippen molar-refractivity contribution in [1.82, 2.24) is 14.7 Å². The third-order valence-corrected chi connectivity index (χ3v) is 4.10. The van der Waals surface area contributed by atoms with Gasteiger partial charge in [0.1, 0.15) is 12.6 Å². The van der Waals surface area contributed by atoms with Crippen LogP contribution in [0.4, 0.5) is 4.79 Å². The van der Waals surface area contributed by atoms with Gasteiger partial charge >= 0.3 is 12.1 Å². The number of hydrogen-bond acceptors (Lipinski definition) is 5. The molecule has 1 amide bonds. The van der Waals surface area contributed by atoms with Crippen molar-refractivity contribution in [1.29, 1.82) is 0 Å². The molecule has 0 atom stereocenters. The molecular weight excluding hydrogens is 310 g/mol. The first-order valence-electron chi connectivity index (χ1n) is 8.19. The molecule has 7 heteroatoms. The number of fused-ring (bicyclic) bond motifs is 1. The number of aromatic nitrogens is 2. The Bertz CT molecular complexity index is 719. The Morgan fingerprint density at radius 3 is 2.75 bits per heavy atom. The van der Waals surface area contributed by atoms with Gasteiger partial charge in [-0.2, -0.15) is 5.10 Å². The third kappa shape index (κ3) is 3.67. The lowest BCUT2D eigenvalue weighted by atomic mass is 10.1. The van der Waals surface area contributed by atoms with E-state index in [1.807, 2.05) is 24.3 Å². The minimum Gasteiger partial charge on any atom is -0.461 e. The highest BCUT2D eigenvalue weighted by atomic mass is 16.6. The normalized spacial score (nSPS) is 15.5. The van der Waals surface area contributed by atoms with Crippen molar-refractivity contribution < 1.29 is 19.1 Å². The molecule has 2 aromatic rings. The fourth-order valence-corrected chi connectivity index (χ4v) is 2.87. The van der Waals surface area contributed by atoms with Gasteiger partial charge in [0.05, 0.1) is 18.3 Å². The summed E-state index contributed by atoms with van der Waals surface area (Å²) in [5.74, 6) is -0.307. The van der Waals surface area contributed by atoms with Crippen LogP contribution in [0.5, 0.6) is 0 Å². The van der Waals surface area contributed by atoms with Crippen LogP contribution in [0.3, 0.4) is 0 Å². The maximum atomic E-state index is 12.2. The number of carbonyl (C=O) groups excluding carboxylic acids is 2. The van der Waals surface area contributed by atoms with E-state index < -0.39 is 0 Å². The summed E-state index contributed by atoms with van der Waals surface area (Å²) in [5.41, 5.74) is 0.909. The summed E-state index contributed by atoms with van der Waals surface area (Å²) in [5, 5.41) is 5.22. The van der Waals surface area contributed by atoms with Crippen LogP contribution in [0, 0.1) is 0 Å². The number of piperidine rings is 1. The quantitative estimate of drug-likeness (QED) is 0.803. The zero-order valence-corrected chi connectivity index (χ0v) is 13.7. The fourth-order valence-electron chi connectivity index (χ4n) is 2.87. The van der Waals surface area contributed by atoms with Crippen LogP contribution < -0.4 is 0 Å². The van der Waals surface area contributed by atoms with Gasteiger partial charge in [-0.15, -0.1) is 0 Å². The largest absolute Gasteiger partial charge is 0.461 e. The summed E-state index contributed by atoms with van der Waals surface area (Å²) < 4.78 is 12.1. The molecule has 7 nitrogen and oxygen atoms in total. The van der Waals surface area contributed by atoms with Crippen LogP contribution in [0.15, 0.2) is 30.5 Å². The Balaban J connectivity index is 1.50. The van der Waals surface area contributed by atoms with Crippen molar-refractivity contribution in [2.45, 2.75) is 32.4 Å². The van der Waals surface area contributed by atoms with Crippen LogP contribution in [0.1, 0.15) is 19.8 Å². The van der Waals surface area contributed by atoms with E-state index in [9.17, 15) is 9.59 Å². The summed E-state index contributed by atoms with van der Waals surface area (Å²) in [6.07, 6.45) is 2.53. The van der Waals surface area contributed by atoms with Crippen molar-refractivity contribution >= 4 is 23.0 Å². The molecule has 1 fully saturated rings. The predicted octanol–water partition coefficient (Wildman–Crippen LogP) is 2.20. The summed E-state index contributed by atoms with van der Waals surface area (Å²) in [6, 6.07) is 7.73. The summed E-state index contributed by atoms with van der Waals surface area (Å²) >= 11 is 0. The lowest BCUT2D eigenvalue weighted by molar-refractivity contribution is -0.151. The molecule has 0 unspecified atom stereocenters. The number of benzene rings is 1. The number of nitrogens with zero attached hydrogens (tertiary/aromatic N) is 3. The van der Waals surface area contributed by atoms with Gasteiger partial charge in [0.15, 0.2) is 0 Å². The van der Waals surface area contributed by atoms with E-state index in [0.717, 1.165) is 10.9 Å². The molecule has 1 aromatic heterocycles. The number of esters is 1. The standard InChI is InChI=1S/C17H21N3O4/c1-2-23-17(22)19-9-7-14(8-10-19)24-16(21)12-20-15-6-4-3-5-13(15)11-18-20/h3-6,11,14H,2,7-10,12H2,1H3. The van der Waals surface area contributed by atoms with Crippen molar-refractivity contribution in [3.8, 4) is 0 Å². The molecule has 1 aromatic carbocycles. The van der Waals surface area contributed by atoms with E-state index >= 15 is 0 Å². The Hall–Kier alpha value is -2.57. The van der Waals surface area contributed by atoms with E-state index in [1.54, 1.807) is 22.7 Å². The molecule has 1 saturated heterocycles. The zero-order valence-electron chi connectivity index (χ0n) is 13.7. The van der Waals surface area contributed by atoms with Crippen LogP contribution in [-0.4, -0.2) is 52.5 Å². The highest BCUT2D eigenvalue weighted by Gasteiger charge is 2.26. The molecule has 0 N–H and O–H groups in total. The molecule has 2 heterocycles. The van der Waals surface area contributed by atoms with Crippen LogP contribution in [-0.2, 0) is 20.8 Å². The molecule has 24 heavy (non-hydrogen) atoms. The third-order valence-electron chi connectivity index (χ3n) is 4.10. The lowest BCUT2D eigenvalue weighted by Gasteiger charge is -2.30. The Morgan fingerprint density at radius 1 is 1.25 bits per heavy atom. The van der Waals surface area contributed by atoms with Crippen molar-refractivity contribution in [2.24, 2.45) is 0 Å². The molecule has 0 aliphatic carbocycles. The Morgan fingerprint density at radius 2 is 2.00 bits per heavy atom. The van der Waals surface area contributed by atoms with Gasteiger partial charge in [-0.3, -0.25) is 9.48 Å². The van der Waals surface area contributed by atoms with Crippen LogP contribution in [0.2, 0.25) is 0 Å². The number of ether oxygens (including phenoxy) is 2. The van der Waals surface area contributed by atoms with Crippen molar-refractivity contribution in [3.05, 3.63) is 30.5 Å². The fraction of sp³-hybridized carbons (Fsp3) is 0.471. The van der Waals surface area contributed by atoms with Crippen LogP contribution in [0.25, 0.3) is 10.9 Å². The van der Waals surface area contributed by atoms with Crippen molar-refractivity contribution in [3.63, 3.8) is 0 Å². The molecule has 3 rings (SSSR count).